The van der Waals surface area contributed by atoms with E-state index >= 15 is 0 Å². The lowest BCUT2D eigenvalue weighted by Gasteiger charge is -2.20. The van der Waals surface area contributed by atoms with Crippen molar-refractivity contribution < 1.29 is 9.32 Å². The fourth-order valence-electron chi connectivity index (χ4n) is 3.02. The number of fused-ring (bicyclic) bond motifs is 1. The summed E-state index contributed by atoms with van der Waals surface area (Å²) in [6.07, 6.45) is 1.66. The van der Waals surface area contributed by atoms with Crippen molar-refractivity contribution in [2.24, 2.45) is 0 Å². The molecule has 4 aromatic heterocycles. The Morgan fingerprint density at radius 1 is 1.34 bits per heavy atom. The van der Waals surface area contributed by atoms with Gasteiger partial charge in [0.25, 0.3) is 5.56 Å². The minimum atomic E-state index is -0.425. The maximum atomic E-state index is 13.2. The van der Waals surface area contributed by atoms with Crippen LogP contribution in [-0.4, -0.2) is 30.6 Å². The Hall–Kier alpha value is -3.27. The van der Waals surface area contributed by atoms with Gasteiger partial charge in [0.2, 0.25) is 5.91 Å². The lowest BCUT2D eigenvalue weighted by Crippen LogP contribution is -2.33. The van der Waals surface area contributed by atoms with Crippen molar-refractivity contribution in [1.29, 1.82) is 0 Å². The molecule has 0 saturated heterocycles. The second-order valence-electron chi connectivity index (χ2n) is 7.65. The zero-order chi connectivity index (χ0) is 20.8. The predicted molar refractivity (Wildman–Crippen MR) is 110 cm³/mol. The van der Waals surface area contributed by atoms with Crippen molar-refractivity contribution in [1.82, 2.24) is 24.7 Å². The highest BCUT2D eigenvalue weighted by molar-refractivity contribution is 7.13. The molecule has 4 aromatic rings. The first-order valence-electron chi connectivity index (χ1n) is 9.00. The average Bonchev–Trinajstić information content (AvgIpc) is 3.37. The quantitative estimate of drug-likeness (QED) is 0.552. The number of nitrogens with one attached hydrogen (secondary N) is 1. The van der Waals surface area contributed by atoms with E-state index in [1.807, 2.05) is 38.3 Å². The number of hydrogen-bond acceptors (Lipinski definition) is 7. The maximum absolute atomic E-state index is 13.2. The molecule has 0 fully saturated rings. The van der Waals surface area contributed by atoms with Gasteiger partial charge in [-0.05, 0) is 39.1 Å². The van der Waals surface area contributed by atoms with Crippen LogP contribution in [0, 0.1) is 6.92 Å². The number of rotatable bonds is 4. The molecule has 1 amide bonds. The van der Waals surface area contributed by atoms with Gasteiger partial charge in [-0.3, -0.25) is 14.3 Å². The Kier molecular flexibility index (Phi) is 4.58. The van der Waals surface area contributed by atoms with Crippen LogP contribution >= 0.6 is 11.3 Å². The van der Waals surface area contributed by atoms with E-state index in [-0.39, 0.29) is 12.1 Å². The van der Waals surface area contributed by atoms with Crippen LogP contribution in [0.25, 0.3) is 21.5 Å². The number of carbonyl (C=O) groups is 1. The number of hydrogen-bond donors (Lipinski definition) is 1. The molecular weight excluding hydrogens is 392 g/mol. The molecule has 29 heavy (non-hydrogen) atoms. The Morgan fingerprint density at radius 2 is 2.14 bits per heavy atom. The highest BCUT2D eigenvalue weighted by Crippen LogP contribution is 2.30. The minimum Gasteiger partial charge on any atom is -0.360 e. The van der Waals surface area contributed by atoms with Gasteiger partial charge in [0.15, 0.2) is 5.82 Å². The Bertz CT molecular complexity index is 1240. The Balaban J connectivity index is 1.82. The van der Waals surface area contributed by atoms with Gasteiger partial charge in [-0.25, -0.2) is 4.68 Å². The first-order valence-corrected chi connectivity index (χ1v) is 9.88. The fourth-order valence-corrected chi connectivity index (χ4v) is 3.75. The van der Waals surface area contributed by atoms with Gasteiger partial charge >= 0.3 is 0 Å². The highest BCUT2D eigenvalue weighted by Gasteiger charge is 2.24. The topological polar surface area (TPSA) is 108 Å². The van der Waals surface area contributed by atoms with Crippen LogP contribution in [0.5, 0.6) is 0 Å². The molecule has 9 nitrogen and oxygen atoms in total. The van der Waals surface area contributed by atoms with Crippen molar-refractivity contribution >= 4 is 34.0 Å². The molecule has 0 aromatic carbocycles. The number of carbonyl (C=O) groups excluding carboxylic acids is 1. The van der Waals surface area contributed by atoms with Gasteiger partial charge in [-0.15, -0.1) is 11.3 Å². The molecule has 4 heterocycles. The summed E-state index contributed by atoms with van der Waals surface area (Å²) in [5, 5.41) is 17.9. The van der Waals surface area contributed by atoms with Gasteiger partial charge in [-0.2, -0.15) is 10.2 Å². The second kappa shape index (κ2) is 6.96. The van der Waals surface area contributed by atoms with Crippen LogP contribution in [-0.2, 0) is 16.9 Å². The van der Waals surface area contributed by atoms with Gasteiger partial charge in [0.05, 0.1) is 22.0 Å². The van der Waals surface area contributed by atoms with E-state index in [1.165, 1.54) is 16.0 Å². The molecule has 0 saturated carbocycles. The molecule has 0 bridgehead atoms. The van der Waals surface area contributed by atoms with E-state index in [4.69, 9.17) is 4.52 Å². The van der Waals surface area contributed by atoms with E-state index in [0.29, 0.717) is 28.2 Å². The second-order valence-corrected chi connectivity index (χ2v) is 8.60. The molecule has 0 aliphatic carbocycles. The Morgan fingerprint density at radius 3 is 2.76 bits per heavy atom. The van der Waals surface area contributed by atoms with Gasteiger partial charge in [-0.1, -0.05) is 11.2 Å². The van der Waals surface area contributed by atoms with Gasteiger partial charge < -0.3 is 9.84 Å². The van der Waals surface area contributed by atoms with E-state index in [2.05, 4.69) is 20.7 Å². The summed E-state index contributed by atoms with van der Waals surface area (Å²) in [7, 11) is 0. The number of aryl methyl sites for hydroxylation is 1. The third-order valence-electron chi connectivity index (χ3n) is 4.26. The third kappa shape index (κ3) is 3.58. The molecular formula is C19H20N6O3S. The SMILES string of the molecule is Cc1cc(NC(=O)Cn2nc(-c3cccs3)c3cnn(C(C)(C)C)c3c2=O)no1. The summed E-state index contributed by atoms with van der Waals surface area (Å²) in [6, 6.07) is 5.44. The fraction of sp³-hybridized carbons (Fsp3) is 0.316. The normalized spacial score (nSPS) is 11.9. The van der Waals surface area contributed by atoms with Crippen LogP contribution in [0.2, 0.25) is 0 Å². The number of anilines is 1. The van der Waals surface area contributed by atoms with Crippen molar-refractivity contribution in [3.05, 3.63) is 45.9 Å². The molecule has 0 unspecified atom stereocenters. The molecule has 4 rings (SSSR count). The molecule has 150 valence electrons. The largest absolute Gasteiger partial charge is 0.360 e. The van der Waals surface area contributed by atoms with Crippen molar-refractivity contribution in [3.8, 4) is 10.6 Å². The molecule has 0 radical (unpaired) electrons. The molecule has 10 heteroatoms. The number of aromatic nitrogens is 5. The lowest BCUT2D eigenvalue weighted by atomic mass is 10.1. The number of nitrogens with zero attached hydrogens (tertiary/aromatic N) is 5. The summed E-state index contributed by atoms with van der Waals surface area (Å²) in [5.74, 6) is 0.442. The Labute approximate surface area is 169 Å². The lowest BCUT2D eigenvalue weighted by molar-refractivity contribution is -0.117. The zero-order valence-electron chi connectivity index (χ0n) is 16.5. The highest BCUT2D eigenvalue weighted by atomic mass is 32.1. The molecule has 0 spiro atoms. The predicted octanol–water partition coefficient (Wildman–Crippen LogP) is 3.01. The van der Waals surface area contributed by atoms with Crippen LogP contribution in [0.1, 0.15) is 26.5 Å². The number of amides is 1. The van der Waals surface area contributed by atoms with Crippen molar-refractivity contribution in [3.63, 3.8) is 0 Å². The van der Waals surface area contributed by atoms with Crippen LogP contribution in [0.15, 0.2) is 39.1 Å². The zero-order valence-corrected chi connectivity index (χ0v) is 17.3. The first-order chi connectivity index (χ1) is 13.7. The molecule has 0 aliphatic heterocycles. The average molecular weight is 412 g/mol. The van der Waals surface area contributed by atoms with Gasteiger partial charge in [0, 0.05) is 6.07 Å². The molecule has 1 N–H and O–H groups in total. The summed E-state index contributed by atoms with van der Waals surface area (Å²) >= 11 is 1.51. The summed E-state index contributed by atoms with van der Waals surface area (Å²) in [4.78, 5) is 26.6. The smallest absolute Gasteiger partial charge is 0.293 e. The summed E-state index contributed by atoms with van der Waals surface area (Å²) in [5.41, 5.74) is 0.253. The molecule has 0 atom stereocenters. The van der Waals surface area contributed by atoms with E-state index < -0.39 is 11.4 Å². The van der Waals surface area contributed by atoms with Crippen molar-refractivity contribution in [2.45, 2.75) is 39.8 Å². The first kappa shape index (κ1) is 19.1. The molecule has 0 aliphatic rings. The van der Waals surface area contributed by atoms with Crippen LogP contribution in [0.3, 0.4) is 0 Å². The van der Waals surface area contributed by atoms with Gasteiger partial charge in [0.1, 0.15) is 23.5 Å². The standard InChI is InChI=1S/C19H20N6O3S/c1-11-8-14(23-28-11)21-15(26)10-24-18(27)17-12(9-20-25(17)19(2,3)4)16(22-24)13-6-5-7-29-13/h5-9H,10H2,1-4H3,(H,21,23,26). The van der Waals surface area contributed by atoms with E-state index in [0.717, 1.165) is 4.88 Å². The third-order valence-corrected chi connectivity index (χ3v) is 5.14. The number of thiophene rings is 1. The van der Waals surface area contributed by atoms with E-state index in [1.54, 1.807) is 23.9 Å². The summed E-state index contributed by atoms with van der Waals surface area (Å²) < 4.78 is 7.80. The van der Waals surface area contributed by atoms with Crippen LogP contribution < -0.4 is 10.9 Å². The van der Waals surface area contributed by atoms with Crippen molar-refractivity contribution in [2.75, 3.05) is 5.32 Å². The van der Waals surface area contributed by atoms with Crippen LogP contribution in [0.4, 0.5) is 5.82 Å². The van der Waals surface area contributed by atoms with E-state index in [9.17, 15) is 9.59 Å². The maximum Gasteiger partial charge on any atom is 0.293 e. The minimum absolute atomic E-state index is 0.256. The monoisotopic (exact) mass is 412 g/mol. The summed E-state index contributed by atoms with van der Waals surface area (Å²) in [6.45, 7) is 7.37.